The standard InChI is InChI=1S/C17H24N4O.C6H12N2O2/c1-2-4-13(5-3-1)21-17-15-14(12-6-8-22-9-7-12)10-18-16(15)19-11-20-17;1-10-6(9)8-4-2-7-3-5-8/h10-13H,1-9H2,(H2,18,19,20,21);7H,2-5H2,1H3. The number of H-pyrrole nitrogens is 1. The number of carbonyl (C=O) groups excluding carboxylic acids is 1. The Morgan fingerprint density at radius 3 is 2.59 bits per heavy atom. The Kier molecular flexibility index (Phi) is 8.17. The maximum absolute atomic E-state index is 10.8. The summed E-state index contributed by atoms with van der Waals surface area (Å²) in [4.78, 5) is 24.8. The number of nitrogens with zero attached hydrogens (tertiary/aromatic N) is 3. The Morgan fingerprint density at radius 2 is 1.88 bits per heavy atom. The molecule has 3 aliphatic rings. The lowest BCUT2D eigenvalue weighted by Crippen LogP contribution is -2.46. The molecule has 9 nitrogen and oxygen atoms in total. The number of piperazine rings is 1. The van der Waals surface area contributed by atoms with Crippen LogP contribution in [-0.2, 0) is 9.47 Å². The van der Waals surface area contributed by atoms with Gasteiger partial charge in [-0.3, -0.25) is 0 Å². The molecule has 2 saturated heterocycles. The highest BCUT2D eigenvalue weighted by Crippen LogP contribution is 2.35. The molecule has 1 aliphatic carbocycles. The molecule has 32 heavy (non-hydrogen) atoms. The normalized spacial score (nSPS) is 20.5. The minimum Gasteiger partial charge on any atom is -0.453 e. The van der Waals surface area contributed by atoms with Gasteiger partial charge in [-0.15, -0.1) is 0 Å². The molecule has 0 aromatic carbocycles. The van der Waals surface area contributed by atoms with E-state index < -0.39 is 0 Å². The van der Waals surface area contributed by atoms with E-state index in [0.717, 1.165) is 63.7 Å². The molecule has 0 atom stereocenters. The van der Waals surface area contributed by atoms with Crippen molar-refractivity contribution in [2.24, 2.45) is 0 Å². The van der Waals surface area contributed by atoms with Crippen molar-refractivity contribution in [3.05, 3.63) is 18.1 Å². The molecule has 2 aliphatic heterocycles. The Balaban J connectivity index is 0.000000207. The highest BCUT2D eigenvalue weighted by Gasteiger charge is 2.23. The van der Waals surface area contributed by atoms with Crippen LogP contribution in [0.2, 0.25) is 0 Å². The van der Waals surface area contributed by atoms with Gasteiger partial charge in [0.15, 0.2) is 0 Å². The molecule has 5 rings (SSSR count). The number of aromatic amines is 1. The first-order valence-electron chi connectivity index (χ1n) is 12.0. The smallest absolute Gasteiger partial charge is 0.409 e. The first kappa shape index (κ1) is 22.8. The van der Waals surface area contributed by atoms with Gasteiger partial charge in [-0.05, 0) is 37.2 Å². The number of carbonyl (C=O) groups is 1. The van der Waals surface area contributed by atoms with Gasteiger partial charge in [0.1, 0.15) is 17.8 Å². The van der Waals surface area contributed by atoms with E-state index in [1.165, 1.54) is 50.2 Å². The van der Waals surface area contributed by atoms with Gasteiger partial charge < -0.3 is 30.0 Å². The number of methoxy groups -OCH3 is 1. The molecule has 1 saturated carbocycles. The van der Waals surface area contributed by atoms with E-state index in [-0.39, 0.29) is 6.09 Å². The minimum absolute atomic E-state index is 0.221. The second-order valence-corrected chi connectivity index (χ2v) is 8.76. The third-order valence-corrected chi connectivity index (χ3v) is 6.66. The first-order valence-corrected chi connectivity index (χ1v) is 12.0. The van der Waals surface area contributed by atoms with Crippen molar-refractivity contribution in [2.45, 2.75) is 56.9 Å². The average Bonchev–Trinajstić information content (AvgIpc) is 3.31. The zero-order valence-electron chi connectivity index (χ0n) is 19.1. The molecule has 0 radical (unpaired) electrons. The van der Waals surface area contributed by atoms with Gasteiger partial charge >= 0.3 is 6.09 Å². The Hall–Kier alpha value is -2.39. The van der Waals surface area contributed by atoms with Gasteiger partial charge in [0, 0.05) is 51.6 Å². The van der Waals surface area contributed by atoms with E-state index in [4.69, 9.17) is 4.74 Å². The van der Waals surface area contributed by atoms with Crippen LogP contribution in [0.4, 0.5) is 10.6 Å². The maximum Gasteiger partial charge on any atom is 0.409 e. The molecule has 0 unspecified atom stereocenters. The summed E-state index contributed by atoms with van der Waals surface area (Å²) >= 11 is 0. The molecule has 4 heterocycles. The summed E-state index contributed by atoms with van der Waals surface area (Å²) in [7, 11) is 1.41. The van der Waals surface area contributed by atoms with Crippen LogP contribution in [0.25, 0.3) is 11.0 Å². The number of ether oxygens (including phenoxy) is 2. The van der Waals surface area contributed by atoms with E-state index in [2.05, 4.69) is 36.5 Å². The van der Waals surface area contributed by atoms with Crippen LogP contribution < -0.4 is 10.6 Å². The summed E-state index contributed by atoms with van der Waals surface area (Å²) in [5, 5.41) is 8.03. The molecule has 176 valence electrons. The number of rotatable bonds is 3. The number of hydrogen-bond donors (Lipinski definition) is 3. The van der Waals surface area contributed by atoms with Crippen molar-refractivity contribution >= 4 is 22.9 Å². The SMILES string of the molecule is COC(=O)N1CCNCC1.c1nc(NC2CCCCC2)c2c(C3CCOCC3)c[nH]c2n1. The number of amides is 1. The molecule has 1 amide bonds. The molecule has 2 aromatic rings. The van der Waals surface area contributed by atoms with Crippen LogP contribution in [-0.4, -0.2) is 78.5 Å². The van der Waals surface area contributed by atoms with Gasteiger partial charge in [0.05, 0.1) is 12.5 Å². The summed E-state index contributed by atoms with van der Waals surface area (Å²) in [6, 6.07) is 0.560. The lowest BCUT2D eigenvalue weighted by molar-refractivity contribution is 0.0856. The number of aromatic nitrogens is 3. The Labute approximate surface area is 189 Å². The van der Waals surface area contributed by atoms with Gasteiger partial charge in [-0.25, -0.2) is 14.8 Å². The fourth-order valence-corrected chi connectivity index (χ4v) is 4.84. The van der Waals surface area contributed by atoms with Gasteiger partial charge in [-0.1, -0.05) is 19.3 Å². The van der Waals surface area contributed by atoms with Crippen LogP contribution in [0.5, 0.6) is 0 Å². The van der Waals surface area contributed by atoms with E-state index in [1.54, 1.807) is 11.2 Å². The number of nitrogens with one attached hydrogen (secondary N) is 3. The molecular weight excluding hydrogens is 408 g/mol. The summed E-state index contributed by atoms with van der Waals surface area (Å²) in [6.45, 7) is 4.97. The van der Waals surface area contributed by atoms with Crippen molar-refractivity contribution in [1.29, 1.82) is 0 Å². The summed E-state index contributed by atoms with van der Waals surface area (Å²) in [5.74, 6) is 1.57. The Morgan fingerprint density at radius 1 is 1.12 bits per heavy atom. The van der Waals surface area contributed by atoms with Crippen LogP contribution in [0.3, 0.4) is 0 Å². The second kappa shape index (κ2) is 11.5. The third kappa shape index (κ3) is 5.69. The molecule has 3 fully saturated rings. The Bertz CT molecular complexity index is 855. The van der Waals surface area contributed by atoms with Crippen LogP contribution in [0.15, 0.2) is 12.5 Å². The highest BCUT2D eigenvalue weighted by atomic mass is 16.5. The van der Waals surface area contributed by atoms with Gasteiger partial charge in [0.2, 0.25) is 0 Å². The monoisotopic (exact) mass is 444 g/mol. The fraction of sp³-hybridized carbons (Fsp3) is 0.696. The zero-order chi connectivity index (χ0) is 22.2. The molecular formula is C23H36N6O3. The van der Waals surface area contributed by atoms with E-state index in [9.17, 15) is 4.79 Å². The third-order valence-electron chi connectivity index (χ3n) is 6.66. The van der Waals surface area contributed by atoms with E-state index in [1.807, 2.05) is 0 Å². The summed E-state index contributed by atoms with van der Waals surface area (Å²) < 4.78 is 10.1. The van der Waals surface area contributed by atoms with Crippen LogP contribution in [0.1, 0.15) is 56.4 Å². The topological polar surface area (TPSA) is 104 Å². The largest absolute Gasteiger partial charge is 0.453 e. The second-order valence-electron chi connectivity index (χ2n) is 8.76. The maximum atomic E-state index is 10.8. The van der Waals surface area contributed by atoms with Crippen molar-refractivity contribution in [1.82, 2.24) is 25.2 Å². The lowest BCUT2D eigenvalue weighted by atomic mass is 9.91. The minimum atomic E-state index is -0.221. The first-order chi connectivity index (χ1) is 15.8. The lowest BCUT2D eigenvalue weighted by Gasteiger charge is -2.25. The van der Waals surface area contributed by atoms with Crippen molar-refractivity contribution < 1.29 is 14.3 Å². The summed E-state index contributed by atoms with van der Waals surface area (Å²) in [6.07, 6.45) is 12.3. The number of fused-ring (bicyclic) bond motifs is 1. The molecule has 9 heteroatoms. The van der Waals surface area contributed by atoms with Crippen molar-refractivity contribution in [3.8, 4) is 0 Å². The summed E-state index contributed by atoms with van der Waals surface area (Å²) in [5.41, 5.74) is 2.31. The zero-order valence-corrected chi connectivity index (χ0v) is 19.1. The van der Waals surface area contributed by atoms with E-state index in [0.29, 0.717) is 12.0 Å². The quantitative estimate of drug-likeness (QED) is 0.667. The van der Waals surface area contributed by atoms with Crippen molar-refractivity contribution in [2.75, 3.05) is 51.8 Å². The van der Waals surface area contributed by atoms with Gasteiger partial charge in [0.25, 0.3) is 0 Å². The fourth-order valence-electron chi connectivity index (χ4n) is 4.84. The molecule has 0 spiro atoms. The van der Waals surface area contributed by atoms with Gasteiger partial charge in [-0.2, -0.15) is 0 Å². The molecule has 2 aromatic heterocycles. The molecule has 0 bridgehead atoms. The predicted molar refractivity (Wildman–Crippen MR) is 124 cm³/mol. The predicted octanol–water partition coefficient (Wildman–Crippen LogP) is 3.25. The molecule has 3 N–H and O–H groups in total. The number of hydrogen-bond acceptors (Lipinski definition) is 7. The number of anilines is 1. The average molecular weight is 445 g/mol. The van der Waals surface area contributed by atoms with E-state index >= 15 is 0 Å². The van der Waals surface area contributed by atoms with Crippen LogP contribution >= 0.6 is 0 Å². The van der Waals surface area contributed by atoms with Crippen molar-refractivity contribution in [3.63, 3.8) is 0 Å². The highest BCUT2D eigenvalue weighted by molar-refractivity contribution is 5.91. The van der Waals surface area contributed by atoms with Crippen LogP contribution in [0, 0.1) is 0 Å².